The minimum atomic E-state index is -0.487. The number of nitriles is 1. The van der Waals surface area contributed by atoms with Gasteiger partial charge >= 0.3 is 0 Å². The van der Waals surface area contributed by atoms with E-state index in [-0.39, 0.29) is 29.8 Å². The maximum Gasteiger partial charge on any atom is 0.240 e. The molecule has 2 amide bonds. The van der Waals surface area contributed by atoms with Crippen LogP contribution in [-0.2, 0) is 14.3 Å². The first-order valence-electron chi connectivity index (χ1n) is 9.09. The third-order valence-corrected chi connectivity index (χ3v) is 6.42. The average Bonchev–Trinajstić information content (AvgIpc) is 3.32. The van der Waals surface area contributed by atoms with E-state index in [0.717, 1.165) is 30.0 Å². The number of carbonyl (C=O) groups excluding carboxylic acids is 2. The average molecular weight is 346 g/mol. The number of imide groups is 1. The number of carbonyl (C=O) groups is 2. The first kappa shape index (κ1) is 15.5. The third-order valence-electron chi connectivity index (χ3n) is 6.42. The van der Waals surface area contributed by atoms with Crippen LogP contribution in [0.2, 0.25) is 0 Å². The van der Waals surface area contributed by atoms with Crippen molar-refractivity contribution in [1.29, 1.82) is 5.26 Å². The van der Waals surface area contributed by atoms with Gasteiger partial charge in [0.05, 0.1) is 40.9 Å². The summed E-state index contributed by atoms with van der Waals surface area (Å²) in [5.41, 5.74) is 0.630. The van der Waals surface area contributed by atoms with Crippen LogP contribution >= 0.6 is 0 Å². The van der Waals surface area contributed by atoms with E-state index in [0.29, 0.717) is 11.3 Å². The lowest BCUT2D eigenvalue weighted by atomic mass is 9.72. The van der Waals surface area contributed by atoms with Gasteiger partial charge in [0.1, 0.15) is 0 Å². The smallest absolute Gasteiger partial charge is 0.240 e. The monoisotopic (exact) mass is 346 g/mol. The Bertz CT molecular complexity index is 1010. The van der Waals surface area contributed by atoms with Crippen molar-refractivity contribution in [1.82, 2.24) is 0 Å². The Morgan fingerprint density at radius 2 is 1.96 bits per heavy atom. The van der Waals surface area contributed by atoms with Gasteiger partial charge in [-0.3, -0.25) is 9.59 Å². The van der Waals surface area contributed by atoms with E-state index >= 15 is 0 Å². The quantitative estimate of drug-likeness (QED) is 0.783. The van der Waals surface area contributed by atoms with Crippen molar-refractivity contribution in [2.75, 3.05) is 4.90 Å². The van der Waals surface area contributed by atoms with Crippen molar-refractivity contribution in [2.45, 2.75) is 37.9 Å². The van der Waals surface area contributed by atoms with Crippen molar-refractivity contribution in [2.24, 2.45) is 11.8 Å². The molecular weight excluding hydrogens is 328 g/mol. The first-order chi connectivity index (χ1) is 12.6. The van der Waals surface area contributed by atoms with E-state index in [1.807, 2.05) is 31.2 Å². The second-order valence-electron chi connectivity index (χ2n) is 7.42. The highest BCUT2D eigenvalue weighted by molar-refractivity contribution is 6.26. The second kappa shape index (κ2) is 5.15. The van der Waals surface area contributed by atoms with E-state index < -0.39 is 5.60 Å². The summed E-state index contributed by atoms with van der Waals surface area (Å²) in [6.45, 7) is 2.03. The molecule has 0 unspecified atom stereocenters. The highest BCUT2D eigenvalue weighted by atomic mass is 16.5. The Morgan fingerprint density at radius 1 is 1.19 bits per heavy atom. The molecule has 0 aromatic heterocycles. The lowest BCUT2D eigenvalue weighted by Gasteiger charge is -2.29. The molecule has 5 rings (SSSR count). The van der Waals surface area contributed by atoms with Gasteiger partial charge in [0.2, 0.25) is 11.8 Å². The Balaban J connectivity index is 1.67. The zero-order valence-corrected chi connectivity index (χ0v) is 14.4. The Morgan fingerprint density at radius 3 is 2.69 bits per heavy atom. The predicted molar refractivity (Wildman–Crippen MR) is 95.3 cm³/mol. The number of nitrogens with zero attached hydrogens (tertiary/aromatic N) is 2. The lowest BCUT2D eigenvalue weighted by Crippen LogP contribution is -2.41. The highest BCUT2D eigenvalue weighted by Gasteiger charge is 2.68. The standard InChI is InChI=1S/C21H18N2O3/c1-2-21-10-9-16(26-21)17-18(21)20(25)23(19(17)24)15-8-7-12(11-22)13-5-3-4-6-14(13)15/h3-8,16-18H,2,9-10H2,1H3/t16-,17+,18-,21-/m1/s1. The van der Waals surface area contributed by atoms with Crippen molar-refractivity contribution < 1.29 is 14.3 Å². The molecule has 0 radical (unpaired) electrons. The molecule has 130 valence electrons. The zero-order chi connectivity index (χ0) is 18.1. The minimum Gasteiger partial charge on any atom is -0.370 e. The Labute approximate surface area is 151 Å². The molecule has 4 atom stereocenters. The number of hydrogen-bond donors (Lipinski definition) is 0. The van der Waals surface area contributed by atoms with Crippen LogP contribution in [0.15, 0.2) is 36.4 Å². The van der Waals surface area contributed by atoms with Gasteiger partial charge in [0.15, 0.2) is 0 Å². The zero-order valence-electron chi connectivity index (χ0n) is 14.4. The molecule has 0 N–H and O–H groups in total. The summed E-state index contributed by atoms with van der Waals surface area (Å²) in [4.78, 5) is 27.9. The van der Waals surface area contributed by atoms with Crippen LogP contribution in [0.5, 0.6) is 0 Å². The maximum atomic E-state index is 13.3. The fourth-order valence-electron chi connectivity index (χ4n) is 5.20. The van der Waals surface area contributed by atoms with Crippen LogP contribution in [0.3, 0.4) is 0 Å². The summed E-state index contributed by atoms with van der Waals surface area (Å²) in [5, 5.41) is 10.9. The summed E-state index contributed by atoms with van der Waals surface area (Å²) in [6, 6.07) is 13.0. The van der Waals surface area contributed by atoms with E-state index in [4.69, 9.17) is 4.74 Å². The summed E-state index contributed by atoms with van der Waals surface area (Å²) in [5.74, 6) is -1.06. The van der Waals surface area contributed by atoms with Gasteiger partial charge in [-0.2, -0.15) is 5.26 Å². The summed E-state index contributed by atoms with van der Waals surface area (Å²) < 4.78 is 6.11. The van der Waals surface area contributed by atoms with Gasteiger partial charge in [-0.15, -0.1) is 0 Å². The molecule has 3 aliphatic rings. The molecule has 3 saturated heterocycles. The molecule has 3 heterocycles. The largest absolute Gasteiger partial charge is 0.370 e. The van der Waals surface area contributed by atoms with Gasteiger partial charge in [-0.05, 0) is 31.4 Å². The predicted octanol–water partition coefficient (Wildman–Crippen LogP) is 3.16. The number of rotatable bonds is 2. The minimum absolute atomic E-state index is 0.147. The Hall–Kier alpha value is -2.71. The summed E-state index contributed by atoms with van der Waals surface area (Å²) >= 11 is 0. The number of ether oxygens (including phenoxy) is 1. The van der Waals surface area contributed by atoms with Gasteiger partial charge in [0, 0.05) is 10.8 Å². The van der Waals surface area contributed by atoms with E-state index in [2.05, 4.69) is 6.07 Å². The molecule has 2 aromatic carbocycles. The Kier molecular flexibility index (Phi) is 3.08. The van der Waals surface area contributed by atoms with Gasteiger partial charge in [-0.25, -0.2) is 4.90 Å². The molecule has 0 aliphatic carbocycles. The number of amides is 2. The van der Waals surface area contributed by atoms with Crippen molar-refractivity contribution in [3.63, 3.8) is 0 Å². The topological polar surface area (TPSA) is 70.4 Å². The number of benzene rings is 2. The van der Waals surface area contributed by atoms with E-state index in [9.17, 15) is 14.9 Å². The van der Waals surface area contributed by atoms with Crippen molar-refractivity contribution in [3.05, 3.63) is 42.0 Å². The van der Waals surface area contributed by atoms with Crippen LogP contribution in [0.25, 0.3) is 10.8 Å². The van der Waals surface area contributed by atoms with E-state index in [1.165, 1.54) is 4.90 Å². The van der Waals surface area contributed by atoms with Gasteiger partial charge in [0.25, 0.3) is 0 Å². The molecule has 2 aromatic rings. The maximum absolute atomic E-state index is 13.3. The number of fused-ring (bicyclic) bond motifs is 6. The molecule has 5 heteroatoms. The van der Waals surface area contributed by atoms with Crippen molar-refractivity contribution in [3.8, 4) is 6.07 Å². The van der Waals surface area contributed by atoms with Crippen LogP contribution < -0.4 is 4.90 Å². The fraction of sp³-hybridized carbons (Fsp3) is 0.381. The van der Waals surface area contributed by atoms with Crippen LogP contribution in [-0.4, -0.2) is 23.5 Å². The molecule has 3 fully saturated rings. The fourth-order valence-corrected chi connectivity index (χ4v) is 5.20. The lowest BCUT2D eigenvalue weighted by molar-refractivity contribution is -0.127. The summed E-state index contributed by atoms with van der Waals surface area (Å²) in [6.07, 6.45) is 2.28. The number of hydrogen-bond acceptors (Lipinski definition) is 4. The molecule has 2 bridgehead atoms. The summed E-state index contributed by atoms with van der Waals surface area (Å²) in [7, 11) is 0. The second-order valence-corrected chi connectivity index (χ2v) is 7.42. The molecule has 0 spiro atoms. The molecule has 0 saturated carbocycles. The highest BCUT2D eigenvalue weighted by Crippen LogP contribution is 2.57. The molecule has 3 aliphatic heterocycles. The van der Waals surface area contributed by atoms with Crippen LogP contribution in [0.4, 0.5) is 5.69 Å². The van der Waals surface area contributed by atoms with E-state index in [1.54, 1.807) is 12.1 Å². The third kappa shape index (κ3) is 1.72. The normalized spacial score (nSPS) is 32.3. The van der Waals surface area contributed by atoms with Crippen LogP contribution in [0, 0.1) is 23.2 Å². The number of anilines is 1. The van der Waals surface area contributed by atoms with Gasteiger partial charge in [-0.1, -0.05) is 31.2 Å². The first-order valence-corrected chi connectivity index (χ1v) is 9.09. The van der Waals surface area contributed by atoms with Gasteiger partial charge < -0.3 is 4.74 Å². The van der Waals surface area contributed by atoms with Crippen molar-refractivity contribution >= 4 is 28.3 Å². The molecular formula is C21H18N2O3. The molecule has 5 nitrogen and oxygen atoms in total. The SMILES string of the molecule is CC[C@]12CC[C@@H](O1)[C@@H]1C(=O)N(c3ccc(C#N)c4ccccc34)C(=O)[C@@H]12. The van der Waals surface area contributed by atoms with Crippen LogP contribution in [0.1, 0.15) is 31.7 Å². The molecule has 26 heavy (non-hydrogen) atoms.